The van der Waals surface area contributed by atoms with Crippen LogP contribution in [0.5, 0.6) is 0 Å². The predicted molar refractivity (Wildman–Crippen MR) is 58.5 cm³/mol. The first-order chi connectivity index (χ1) is 7.27. The smallest absolute Gasteiger partial charge is 0.225 e. The standard InChI is InChI=1S/C12H21NO2/c1-10-2-4-11(5-3-10)12(14)13-6-8-15-9-7-13/h10-11H,2-9H2,1H3. The van der Waals surface area contributed by atoms with Gasteiger partial charge in [-0.15, -0.1) is 0 Å². The van der Waals surface area contributed by atoms with Crippen LogP contribution in [0.4, 0.5) is 0 Å². The Morgan fingerprint density at radius 3 is 2.33 bits per heavy atom. The first kappa shape index (κ1) is 10.9. The average molecular weight is 211 g/mol. The highest BCUT2D eigenvalue weighted by Crippen LogP contribution is 2.29. The van der Waals surface area contributed by atoms with E-state index in [2.05, 4.69) is 6.92 Å². The van der Waals surface area contributed by atoms with Gasteiger partial charge in [-0.05, 0) is 31.6 Å². The third-order valence-corrected chi connectivity index (χ3v) is 3.69. The summed E-state index contributed by atoms with van der Waals surface area (Å²) in [5, 5.41) is 0. The molecule has 0 radical (unpaired) electrons. The second kappa shape index (κ2) is 4.97. The summed E-state index contributed by atoms with van der Waals surface area (Å²) in [6, 6.07) is 0. The van der Waals surface area contributed by atoms with Gasteiger partial charge in [0.15, 0.2) is 0 Å². The van der Waals surface area contributed by atoms with Gasteiger partial charge in [0.05, 0.1) is 13.2 Å². The number of carbonyl (C=O) groups excluding carboxylic acids is 1. The fourth-order valence-corrected chi connectivity index (χ4v) is 2.55. The molecule has 0 aromatic carbocycles. The molecule has 1 heterocycles. The Bertz CT molecular complexity index is 216. The van der Waals surface area contributed by atoms with E-state index in [4.69, 9.17) is 4.74 Å². The topological polar surface area (TPSA) is 29.5 Å². The molecule has 1 aliphatic heterocycles. The van der Waals surface area contributed by atoms with Crippen molar-refractivity contribution in [2.24, 2.45) is 11.8 Å². The summed E-state index contributed by atoms with van der Waals surface area (Å²) >= 11 is 0. The van der Waals surface area contributed by atoms with Gasteiger partial charge in [0, 0.05) is 19.0 Å². The summed E-state index contributed by atoms with van der Waals surface area (Å²) in [4.78, 5) is 14.1. The molecule has 3 nitrogen and oxygen atoms in total. The van der Waals surface area contributed by atoms with Crippen molar-refractivity contribution in [1.29, 1.82) is 0 Å². The molecule has 2 aliphatic rings. The highest BCUT2D eigenvalue weighted by atomic mass is 16.5. The minimum atomic E-state index is 0.305. The third kappa shape index (κ3) is 2.71. The van der Waals surface area contributed by atoms with Gasteiger partial charge in [0.1, 0.15) is 0 Å². The van der Waals surface area contributed by atoms with E-state index in [0.29, 0.717) is 11.8 Å². The molecule has 1 saturated heterocycles. The Morgan fingerprint density at radius 1 is 1.13 bits per heavy atom. The van der Waals surface area contributed by atoms with Crippen molar-refractivity contribution < 1.29 is 9.53 Å². The molecule has 1 amide bonds. The van der Waals surface area contributed by atoms with Crippen LogP contribution in [0.1, 0.15) is 32.6 Å². The maximum Gasteiger partial charge on any atom is 0.225 e. The van der Waals surface area contributed by atoms with Gasteiger partial charge in [0.2, 0.25) is 5.91 Å². The Labute approximate surface area is 91.8 Å². The van der Waals surface area contributed by atoms with Gasteiger partial charge in [-0.1, -0.05) is 6.92 Å². The molecule has 0 spiro atoms. The van der Waals surface area contributed by atoms with Crippen molar-refractivity contribution in [2.75, 3.05) is 26.3 Å². The van der Waals surface area contributed by atoms with Crippen LogP contribution in [0.15, 0.2) is 0 Å². The van der Waals surface area contributed by atoms with Gasteiger partial charge in [-0.25, -0.2) is 0 Å². The largest absolute Gasteiger partial charge is 0.378 e. The summed E-state index contributed by atoms with van der Waals surface area (Å²) in [6.45, 7) is 5.31. The van der Waals surface area contributed by atoms with E-state index in [1.807, 2.05) is 4.90 Å². The van der Waals surface area contributed by atoms with Gasteiger partial charge in [-0.3, -0.25) is 4.79 Å². The molecule has 0 unspecified atom stereocenters. The summed E-state index contributed by atoms with van der Waals surface area (Å²) in [7, 11) is 0. The van der Waals surface area contributed by atoms with Gasteiger partial charge in [-0.2, -0.15) is 0 Å². The molecule has 3 heteroatoms. The predicted octanol–water partition coefficient (Wildman–Crippen LogP) is 1.67. The Hall–Kier alpha value is -0.570. The average Bonchev–Trinajstić information content (AvgIpc) is 2.30. The molecule has 1 saturated carbocycles. The van der Waals surface area contributed by atoms with Gasteiger partial charge >= 0.3 is 0 Å². The van der Waals surface area contributed by atoms with E-state index < -0.39 is 0 Å². The van der Waals surface area contributed by atoms with Crippen LogP contribution in [-0.4, -0.2) is 37.1 Å². The molecule has 15 heavy (non-hydrogen) atoms. The lowest BCUT2D eigenvalue weighted by atomic mass is 9.82. The number of hydrogen-bond donors (Lipinski definition) is 0. The maximum absolute atomic E-state index is 12.1. The van der Waals surface area contributed by atoms with Crippen LogP contribution in [0.2, 0.25) is 0 Å². The van der Waals surface area contributed by atoms with Crippen molar-refractivity contribution in [3.63, 3.8) is 0 Å². The molecule has 1 aliphatic carbocycles. The number of hydrogen-bond acceptors (Lipinski definition) is 2. The van der Waals surface area contributed by atoms with Crippen LogP contribution in [0, 0.1) is 11.8 Å². The van der Waals surface area contributed by atoms with Crippen LogP contribution < -0.4 is 0 Å². The molecule has 2 rings (SSSR count). The fourth-order valence-electron chi connectivity index (χ4n) is 2.55. The normalized spacial score (nSPS) is 32.7. The van der Waals surface area contributed by atoms with Crippen LogP contribution in [0.3, 0.4) is 0 Å². The van der Waals surface area contributed by atoms with Crippen molar-refractivity contribution >= 4 is 5.91 Å². The molecule has 86 valence electrons. The lowest BCUT2D eigenvalue weighted by molar-refractivity contribution is -0.140. The van der Waals surface area contributed by atoms with Crippen molar-refractivity contribution in [3.8, 4) is 0 Å². The summed E-state index contributed by atoms with van der Waals surface area (Å²) < 4.78 is 5.26. The van der Waals surface area contributed by atoms with E-state index in [-0.39, 0.29) is 0 Å². The van der Waals surface area contributed by atoms with Crippen LogP contribution >= 0.6 is 0 Å². The molecular weight excluding hydrogens is 190 g/mol. The zero-order valence-corrected chi connectivity index (χ0v) is 9.58. The van der Waals surface area contributed by atoms with E-state index in [1.54, 1.807) is 0 Å². The second-order valence-corrected chi connectivity index (χ2v) is 4.89. The Morgan fingerprint density at radius 2 is 1.73 bits per heavy atom. The third-order valence-electron chi connectivity index (χ3n) is 3.69. The minimum absolute atomic E-state index is 0.305. The molecule has 0 bridgehead atoms. The number of carbonyl (C=O) groups is 1. The molecular formula is C12H21NO2. The van der Waals surface area contributed by atoms with Crippen molar-refractivity contribution in [3.05, 3.63) is 0 Å². The Kier molecular flexibility index (Phi) is 3.62. The molecule has 0 aromatic rings. The minimum Gasteiger partial charge on any atom is -0.378 e. The summed E-state index contributed by atoms with van der Waals surface area (Å²) in [5.41, 5.74) is 0. The van der Waals surface area contributed by atoms with E-state index in [1.165, 1.54) is 12.8 Å². The number of ether oxygens (including phenoxy) is 1. The number of amides is 1. The monoisotopic (exact) mass is 211 g/mol. The fraction of sp³-hybridized carbons (Fsp3) is 0.917. The molecule has 2 fully saturated rings. The number of morpholine rings is 1. The molecule has 0 atom stereocenters. The number of nitrogens with zero attached hydrogens (tertiary/aromatic N) is 1. The van der Waals surface area contributed by atoms with Gasteiger partial charge < -0.3 is 9.64 Å². The maximum atomic E-state index is 12.1. The van der Waals surface area contributed by atoms with Crippen LogP contribution in [0.25, 0.3) is 0 Å². The SMILES string of the molecule is CC1CCC(C(=O)N2CCOCC2)CC1. The number of rotatable bonds is 1. The quantitative estimate of drug-likeness (QED) is 0.660. The highest BCUT2D eigenvalue weighted by molar-refractivity contribution is 5.79. The van der Waals surface area contributed by atoms with E-state index in [0.717, 1.165) is 45.1 Å². The van der Waals surface area contributed by atoms with E-state index in [9.17, 15) is 4.79 Å². The van der Waals surface area contributed by atoms with Crippen molar-refractivity contribution in [2.45, 2.75) is 32.6 Å². The highest BCUT2D eigenvalue weighted by Gasteiger charge is 2.28. The first-order valence-electron chi connectivity index (χ1n) is 6.14. The van der Waals surface area contributed by atoms with Gasteiger partial charge in [0.25, 0.3) is 0 Å². The molecule has 0 aromatic heterocycles. The second-order valence-electron chi connectivity index (χ2n) is 4.89. The Balaban J connectivity index is 1.84. The summed E-state index contributed by atoms with van der Waals surface area (Å²) in [6.07, 6.45) is 4.64. The lowest BCUT2D eigenvalue weighted by Gasteiger charge is -2.33. The molecule has 0 N–H and O–H groups in total. The zero-order valence-electron chi connectivity index (χ0n) is 9.58. The van der Waals surface area contributed by atoms with E-state index >= 15 is 0 Å². The summed E-state index contributed by atoms with van der Waals surface area (Å²) in [5.74, 6) is 1.50. The first-order valence-corrected chi connectivity index (χ1v) is 6.14. The lowest BCUT2D eigenvalue weighted by Crippen LogP contribution is -2.44. The zero-order chi connectivity index (χ0) is 10.7. The van der Waals surface area contributed by atoms with Crippen LogP contribution in [-0.2, 0) is 9.53 Å². The van der Waals surface area contributed by atoms with Crippen molar-refractivity contribution in [1.82, 2.24) is 4.90 Å².